The largest absolute Gasteiger partial charge is 0.266 e. The van der Waals surface area contributed by atoms with E-state index in [1.165, 1.54) is 6.92 Å². The van der Waals surface area contributed by atoms with Gasteiger partial charge < -0.3 is 0 Å². The van der Waals surface area contributed by atoms with Crippen LogP contribution < -0.4 is 0 Å². The normalized spacial score (nSPS) is 11.4. The van der Waals surface area contributed by atoms with Gasteiger partial charge in [-0.1, -0.05) is 6.58 Å². The van der Waals surface area contributed by atoms with Crippen LogP contribution in [0.3, 0.4) is 0 Å². The Morgan fingerprint density at radius 2 is 1.71 bits per heavy atom. The van der Waals surface area contributed by atoms with E-state index in [1.54, 1.807) is 0 Å². The van der Waals surface area contributed by atoms with E-state index in [2.05, 4.69) is 6.58 Å². The van der Waals surface area contributed by atoms with Crippen molar-refractivity contribution in [3.05, 3.63) is 12.2 Å². The summed E-state index contributed by atoms with van der Waals surface area (Å²) in [6, 6.07) is 0. The van der Waals surface area contributed by atoms with Gasteiger partial charge in [-0.15, -0.1) is 0 Å². The summed E-state index contributed by atoms with van der Waals surface area (Å²) in [6.07, 6.45) is 0. The number of hydrogen-bond acceptors (Lipinski definition) is 0. The molecule has 2 heteroatoms. The fourth-order valence-corrected chi connectivity index (χ4v) is 0. The van der Waals surface area contributed by atoms with Gasteiger partial charge in [0.2, 0.25) is 0 Å². The van der Waals surface area contributed by atoms with Crippen LogP contribution in [0.2, 0.25) is 0 Å². The van der Waals surface area contributed by atoms with Crippen molar-refractivity contribution in [2.45, 2.75) is 19.8 Å². The Bertz CT molecular complexity index is 78.6. The minimum absolute atomic E-state index is 0.0903. The van der Waals surface area contributed by atoms with Gasteiger partial charge in [0.25, 0.3) is 5.92 Å². The van der Waals surface area contributed by atoms with Gasteiger partial charge in [-0.05, 0) is 12.5 Å². The highest BCUT2D eigenvalue weighted by Crippen LogP contribution is 2.19. The smallest absolute Gasteiger partial charge is 0.202 e. The highest BCUT2D eigenvalue weighted by Gasteiger charge is 2.20. The molecule has 0 aliphatic carbocycles. The van der Waals surface area contributed by atoms with E-state index in [0.29, 0.717) is 0 Å². The standard InChI is InChI=1S/C5H8F2/c1-4(2)5(3,6)7/h1H2,2-3H3. The molecule has 0 radical (unpaired) electrons. The first-order valence-corrected chi connectivity index (χ1v) is 1.98. The van der Waals surface area contributed by atoms with Crippen LogP contribution in [0.5, 0.6) is 0 Å². The Hall–Kier alpha value is -0.400. The van der Waals surface area contributed by atoms with E-state index in [4.69, 9.17) is 0 Å². The van der Waals surface area contributed by atoms with Gasteiger partial charge in [-0.25, -0.2) is 8.78 Å². The summed E-state index contributed by atoms with van der Waals surface area (Å²) in [5.41, 5.74) is -0.0903. The van der Waals surface area contributed by atoms with Gasteiger partial charge >= 0.3 is 0 Å². The minimum atomic E-state index is -2.69. The van der Waals surface area contributed by atoms with Crippen LogP contribution in [0.25, 0.3) is 0 Å². The SMILES string of the molecule is C=C(C)C(C)(F)F. The summed E-state index contributed by atoms with van der Waals surface area (Å²) in [4.78, 5) is 0. The van der Waals surface area contributed by atoms with E-state index in [9.17, 15) is 8.78 Å². The molecule has 0 bridgehead atoms. The number of halogens is 2. The van der Waals surface area contributed by atoms with Crippen LogP contribution in [0.4, 0.5) is 8.78 Å². The second kappa shape index (κ2) is 1.60. The summed E-state index contributed by atoms with van der Waals surface area (Å²) in [7, 11) is 0. The first kappa shape index (κ1) is 6.60. The molecule has 0 spiro atoms. The van der Waals surface area contributed by atoms with Crippen molar-refractivity contribution in [1.29, 1.82) is 0 Å². The van der Waals surface area contributed by atoms with Gasteiger partial charge in [-0.3, -0.25) is 0 Å². The Kier molecular flexibility index (Phi) is 1.51. The zero-order valence-electron chi connectivity index (χ0n) is 4.46. The first-order chi connectivity index (χ1) is 2.94. The molecule has 0 rings (SSSR count). The molecule has 7 heavy (non-hydrogen) atoms. The van der Waals surface area contributed by atoms with E-state index in [0.717, 1.165) is 6.92 Å². The third-order valence-electron chi connectivity index (χ3n) is 0.749. The molecule has 0 aromatic rings. The van der Waals surface area contributed by atoms with E-state index in [1.807, 2.05) is 0 Å². The second-order valence-electron chi connectivity index (χ2n) is 1.67. The lowest BCUT2D eigenvalue weighted by molar-refractivity contribution is 0.0641. The summed E-state index contributed by atoms with van der Waals surface area (Å²) in [5, 5.41) is 0. The molecule has 0 saturated heterocycles. The van der Waals surface area contributed by atoms with Crippen LogP contribution >= 0.6 is 0 Å². The predicted molar refractivity (Wildman–Crippen MR) is 25.4 cm³/mol. The maximum absolute atomic E-state index is 11.7. The maximum atomic E-state index is 11.7. The molecule has 0 atom stereocenters. The van der Waals surface area contributed by atoms with Crippen molar-refractivity contribution in [2.75, 3.05) is 0 Å². The Morgan fingerprint density at radius 1 is 1.57 bits per heavy atom. The van der Waals surface area contributed by atoms with Crippen LogP contribution in [0, 0.1) is 0 Å². The van der Waals surface area contributed by atoms with E-state index in [-0.39, 0.29) is 5.57 Å². The summed E-state index contributed by atoms with van der Waals surface area (Å²) in [5.74, 6) is -2.69. The molecule has 0 nitrogen and oxygen atoms in total. The first-order valence-electron chi connectivity index (χ1n) is 1.98. The van der Waals surface area contributed by atoms with Gasteiger partial charge in [0.15, 0.2) is 0 Å². The van der Waals surface area contributed by atoms with Crippen LogP contribution in [0.15, 0.2) is 12.2 Å². The molecule has 0 heterocycles. The number of alkyl halides is 2. The average molecular weight is 106 g/mol. The lowest BCUT2D eigenvalue weighted by atomic mass is 10.2. The molecular formula is C5H8F2. The third kappa shape index (κ3) is 2.31. The van der Waals surface area contributed by atoms with Crippen LogP contribution in [0.1, 0.15) is 13.8 Å². The second-order valence-corrected chi connectivity index (χ2v) is 1.67. The van der Waals surface area contributed by atoms with Crippen molar-refractivity contribution in [3.8, 4) is 0 Å². The highest BCUT2D eigenvalue weighted by molar-refractivity contribution is 5.00. The molecule has 0 aromatic heterocycles. The fraction of sp³-hybridized carbons (Fsp3) is 0.600. The van der Waals surface area contributed by atoms with E-state index >= 15 is 0 Å². The third-order valence-corrected chi connectivity index (χ3v) is 0.749. The van der Waals surface area contributed by atoms with Crippen molar-refractivity contribution in [1.82, 2.24) is 0 Å². The average Bonchev–Trinajstić information content (AvgIpc) is 1.31. The predicted octanol–water partition coefficient (Wildman–Crippen LogP) is 2.22. The molecule has 0 amide bonds. The lowest BCUT2D eigenvalue weighted by Crippen LogP contribution is -2.09. The molecule has 0 unspecified atom stereocenters. The summed E-state index contributed by atoms with van der Waals surface area (Å²) >= 11 is 0. The number of hydrogen-bond donors (Lipinski definition) is 0. The molecular weight excluding hydrogens is 98.1 g/mol. The zero-order valence-corrected chi connectivity index (χ0v) is 4.46. The van der Waals surface area contributed by atoms with Crippen LogP contribution in [-0.4, -0.2) is 5.92 Å². The monoisotopic (exact) mass is 106 g/mol. The number of rotatable bonds is 1. The Morgan fingerprint density at radius 3 is 1.71 bits per heavy atom. The lowest BCUT2D eigenvalue weighted by Gasteiger charge is -2.06. The molecule has 0 aliphatic rings. The summed E-state index contributed by atoms with van der Waals surface area (Å²) < 4.78 is 23.5. The minimum Gasteiger partial charge on any atom is -0.202 e. The van der Waals surface area contributed by atoms with Crippen molar-refractivity contribution in [2.24, 2.45) is 0 Å². The Labute approximate surface area is 41.8 Å². The van der Waals surface area contributed by atoms with Gasteiger partial charge in [0.1, 0.15) is 0 Å². The van der Waals surface area contributed by atoms with E-state index < -0.39 is 5.92 Å². The van der Waals surface area contributed by atoms with Gasteiger partial charge in [0.05, 0.1) is 0 Å². The molecule has 0 aromatic carbocycles. The molecule has 0 N–H and O–H groups in total. The van der Waals surface area contributed by atoms with Gasteiger partial charge in [0, 0.05) is 6.92 Å². The molecule has 0 fully saturated rings. The molecule has 0 aliphatic heterocycles. The van der Waals surface area contributed by atoms with Crippen molar-refractivity contribution >= 4 is 0 Å². The topological polar surface area (TPSA) is 0 Å². The zero-order chi connectivity index (χ0) is 6.08. The molecule has 42 valence electrons. The number of allylic oxidation sites excluding steroid dienone is 1. The van der Waals surface area contributed by atoms with Gasteiger partial charge in [-0.2, -0.15) is 0 Å². The highest BCUT2D eigenvalue weighted by atomic mass is 19.3. The molecule has 0 saturated carbocycles. The van der Waals surface area contributed by atoms with Crippen molar-refractivity contribution < 1.29 is 8.78 Å². The summed E-state index contributed by atoms with van der Waals surface area (Å²) in [6.45, 7) is 5.21. The Balaban J connectivity index is 3.79. The quantitative estimate of drug-likeness (QED) is 0.449. The fourth-order valence-electron chi connectivity index (χ4n) is 0. The maximum Gasteiger partial charge on any atom is 0.266 e. The van der Waals surface area contributed by atoms with Crippen molar-refractivity contribution in [3.63, 3.8) is 0 Å². The van der Waals surface area contributed by atoms with Crippen LogP contribution in [-0.2, 0) is 0 Å².